The Labute approximate surface area is 131 Å². The number of hydrogen-bond acceptors (Lipinski definition) is 2. The van der Waals surface area contributed by atoms with Crippen LogP contribution in [0, 0.1) is 12.8 Å². The predicted molar refractivity (Wildman–Crippen MR) is 92.1 cm³/mol. The van der Waals surface area contributed by atoms with Gasteiger partial charge in [0.2, 0.25) is 0 Å². The van der Waals surface area contributed by atoms with Crippen molar-refractivity contribution < 1.29 is 4.74 Å². The number of hydrogen-bond donors (Lipinski definition) is 1. The minimum atomic E-state index is 0.334. The first-order valence-electron chi connectivity index (χ1n) is 8.59. The van der Waals surface area contributed by atoms with Crippen molar-refractivity contribution in [1.29, 1.82) is 0 Å². The summed E-state index contributed by atoms with van der Waals surface area (Å²) in [5.41, 5.74) is 2.57. The van der Waals surface area contributed by atoms with Crippen LogP contribution in [0.2, 0.25) is 0 Å². The van der Waals surface area contributed by atoms with Crippen molar-refractivity contribution in [1.82, 2.24) is 5.32 Å². The van der Waals surface area contributed by atoms with Crippen LogP contribution in [0.3, 0.4) is 0 Å². The Kier molecular flexibility index (Phi) is 8.44. The molecule has 0 fully saturated rings. The van der Waals surface area contributed by atoms with Gasteiger partial charge in [-0.15, -0.1) is 0 Å². The van der Waals surface area contributed by atoms with Crippen LogP contribution in [0.4, 0.5) is 0 Å². The molecule has 1 aromatic rings. The monoisotopic (exact) mass is 291 g/mol. The molecule has 1 N–H and O–H groups in total. The van der Waals surface area contributed by atoms with Crippen LogP contribution in [-0.4, -0.2) is 13.2 Å². The summed E-state index contributed by atoms with van der Waals surface area (Å²) >= 11 is 0. The summed E-state index contributed by atoms with van der Waals surface area (Å²) < 4.78 is 6.17. The number of aryl methyl sites for hydroxylation is 1. The van der Waals surface area contributed by atoms with Crippen LogP contribution in [0.15, 0.2) is 18.2 Å². The topological polar surface area (TPSA) is 21.3 Å². The van der Waals surface area contributed by atoms with Crippen molar-refractivity contribution in [3.05, 3.63) is 29.3 Å². The van der Waals surface area contributed by atoms with Crippen molar-refractivity contribution >= 4 is 0 Å². The van der Waals surface area contributed by atoms with E-state index in [0.29, 0.717) is 12.0 Å². The molecule has 120 valence electrons. The third-order valence-electron chi connectivity index (χ3n) is 4.16. The number of rotatable bonds is 10. The largest absolute Gasteiger partial charge is 0.493 e. The number of nitrogens with one attached hydrogen (secondary N) is 1. The van der Waals surface area contributed by atoms with Crippen LogP contribution in [0.5, 0.6) is 5.75 Å². The highest BCUT2D eigenvalue weighted by atomic mass is 16.5. The molecule has 2 heteroatoms. The Hall–Kier alpha value is -1.02. The average molecular weight is 291 g/mol. The SMILES string of the molecule is CCCCC(CC)COc1ccc(C)cc1C(C)NCC. The summed E-state index contributed by atoms with van der Waals surface area (Å²) in [6.07, 6.45) is 5.04. The van der Waals surface area contributed by atoms with E-state index in [1.807, 2.05) is 0 Å². The van der Waals surface area contributed by atoms with Crippen LogP contribution < -0.4 is 10.1 Å². The number of ether oxygens (including phenoxy) is 1. The van der Waals surface area contributed by atoms with E-state index in [4.69, 9.17) is 4.74 Å². The summed E-state index contributed by atoms with van der Waals surface area (Å²) in [6, 6.07) is 6.85. The van der Waals surface area contributed by atoms with Crippen molar-refractivity contribution in [2.45, 2.75) is 66.3 Å². The van der Waals surface area contributed by atoms with Crippen LogP contribution >= 0.6 is 0 Å². The Bertz CT molecular complexity index is 403. The van der Waals surface area contributed by atoms with Crippen molar-refractivity contribution in [3.63, 3.8) is 0 Å². The van der Waals surface area contributed by atoms with Gasteiger partial charge in [0.15, 0.2) is 0 Å². The average Bonchev–Trinajstić information content (AvgIpc) is 2.48. The lowest BCUT2D eigenvalue weighted by Gasteiger charge is -2.21. The van der Waals surface area contributed by atoms with E-state index in [1.165, 1.54) is 36.8 Å². The Morgan fingerprint density at radius 1 is 1.19 bits per heavy atom. The van der Waals surface area contributed by atoms with Gasteiger partial charge in [-0.05, 0) is 38.8 Å². The second-order valence-corrected chi connectivity index (χ2v) is 6.05. The first-order valence-corrected chi connectivity index (χ1v) is 8.59. The first kappa shape index (κ1) is 18.0. The molecule has 1 rings (SSSR count). The summed E-state index contributed by atoms with van der Waals surface area (Å²) in [7, 11) is 0. The van der Waals surface area contributed by atoms with Crippen LogP contribution in [0.1, 0.15) is 70.5 Å². The van der Waals surface area contributed by atoms with Gasteiger partial charge in [-0.3, -0.25) is 0 Å². The molecule has 0 heterocycles. The maximum Gasteiger partial charge on any atom is 0.124 e. The fraction of sp³-hybridized carbons (Fsp3) is 0.684. The standard InChI is InChI=1S/C19H33NO/c1-6-9-10-17(7-2)14-21-19-12-11-15(4)13-18(19)16(5)20-8-3/h11-13,16-17,20H,6-10,14H2,1-5H3. The Morgan fingerprint density at radius 2 is 1.95 bits per heavy atom. The molecule has 0 aliphatic carbocycles. The molecule has 0 spiro atoms. The fourth-order valence-corrected chi connectivity index (χ4v) is 2.66. The van der Waals surface area contributed by atoms with Gasteiger partial charge >= 0.3 is 0 Å². The molecule has 0 amide bonds. The number of benzene rings is 1. The molecule has 0 aliphatic heterocycles. The van der Waals surface area contributed by atoms with Gasteiger partial charge < -0.3 is 10.1 Å². The quantitative estimate of drug-likeness (QED) is 0.635. The van der Waals surface area contributed by atoms with Gasteiger partial charge in [-0.2, -0.15) is 0 Å². The van der Waals surface area contributed by atoms with Gasteiger partial charge in [0, 0.05) is 11.6 Å². The van der Waals surface area contributed by atoms with Gasteiger partial charge in [0.1, 0.15) is 5.75 Å². The van der Waals surface area contributed by atoms with Gasteiger partial charge in [0.05, 0.1) is 6.61 Å². The Morgan fingerprint density at radius 3 is 2.57 bits per heavy atom. The van der Waals surface area contributed by atoms with Crippen molar-refractivity contribution in [2.75, 3.05) is 13.2 Å². The minimum Gasteiger partial charge on any atom is -0.493 e. The van der Waals surface area contributed by atoms with Gasteiger partial charge in [-0.1, -0.05) is 57.7 Å². The highest BCUT2D eigenvalue weighted by Crippen LogP contribution is 2.27. The molecular weight excluding hydrogens is 258 g/mol. The lowest BCUT2D eigenvalue weighted by atomic mass is 10.00. The molecule has 2 atom stereocenters. The Balaban J connectivity index is 2.72. The van der Waals surface area contributed by atoms with E-state index in [1.54, 1.807) is 0 Å². The van der Waals surface area contributed by atoms with Gasteiger partial charge in [0.25, 0.3) is 0 Å². The van der Waals surface area contributed by atoms with E-state index >= 15 is 0 Å². The van der Waals surface area contributed by atoms with Crippen LogP contribution in [-0.2, 0) is 0 Å². The van der Waals surface area contributed by atoms with Gasteiger partial charge in [-0.25, -0.2) is 0 Å². The highest BCUT2D eigenvalue weighted by molar-refractivity contribution is 5.39. The number of unbranched alkanes of at least 4 members (excludes halogenated alkanes) is 1. The lowest BCUT2D eigenvalue weighted by Crippen LogP contribution is -2.19. The van der Waals surface area contributed by atoms with E-state index in [0.717, 1.165) is 18.9 Å². The zero-order valence-corrected chi connectivity index (χ0v) is 14.5. The predicted octanol–water partition coefficient (Wildman–Crippen LogP) is 5.26. The van der Waals surface area contributed by atoms with Crippen molar-refractivity contribution in [3.8, 4) is 5.75 Å². The van der Waals surface area contributed by atoms with E-state index < -0.39 is 0 Å². The molecule has 0 saturated carbocycles. The van der Waals surface area contributed by atoms with Crippen LogP contribution in [0.25, 0.3) is 0 Å². The second kappa shape index (κ2) is 9.83. The van der Waals surface area contributed by atoms with E-state index in [-0.39, 0.29) is 0 Å². The minimum absolute atomic E-state index is 0.334. The third kappa shape index (κ3) is 6.09. The second-order valence-electron chi connectivity index (χ2n) is 6.05. The summed E-state index contributed by atoms with van der Waals surface area (Å²) in [4.78, 5) is 0. The molecule has 0 bridgehead atoms. The maximum atomic E-state index is 6.17. The highest BCUT2D eigenvalue weighted by Gasteiger charge is 2.13. The van der Waals surface area contributed by atoms with E-state index in [2.05, 4.69) is 58.1 Å². The summed E-state index contributed by atoms with van der Waals surface area (Å²) in [6.45, 7) is 12.8. The zero-order chi connectivity index (χ0) is 15.7. The molecule has 0 aromatic heterocycles. The zero-order valence-electron chi connectivity index (χ0n) is 14.5. The molecule has 1 aromatic carbocycles. The molecule has 0 saturated heterocycles. The molecular formula is C19H33NO. The smallest absolute Gasteiger partial charge is 0.124 e. The molecule has 2 unspecified atom stereocenters. The van der Waals surface area contributed by atoms with E-state index in [9.17, 15) is 0 Å². The molecule has 21 heavy (non-hydrogen) atoms. The fourth-order valence-electron chi connectivity index (χ4n) is 2.66. The van der Waals surface area contributed by atoms with Crippen molar-refractivity contribution in [2.24, 2.45) is 5.92 Å². The summed E-state index contributed by atoms with van der Waals surface area (Å²) in [5.74, 6) is 1.72. The third-order valence-corrected chi connectivity index (χ3v) is 4.16. The maximum absolute atomic E-state index is 6.17. The first-order chi connectivity index (χ1) is 10.1. The molecule has 0 radical (unpaired) electrons. The summed E-state index contributed by atoms with van der Waals surface area (Å²) in [5, 5.41) is 3.49. The molecule has 2 nitrogen and oxygen atoms in total. The lowest BCUT2D eigenvalue weighted by molar-refractivity contribution is 0.230. The normalized spacial score (nSPS) is 14.0. The molecule has 0 aliphatic rings.